The molecule has 0 spiro atoms. The third-order valence-electron chi connectivity index (χ3n) is 9.72. The van der Waals surface area contributed by atoms with Crippen molar-refractivity contribution >= 4 is 23.7 Å². The van der Waals surface area contributed by atoms with E-state index in [1.54, 1.807) is 0 Å². The summed E-state index contributed by atoms with van der Waals surface area (Å²) in [6.07, 6.45) is 40.3. The molecule has 5 heteroatoms. The topological polar surface area (TPSA) is 52.6 Å². The van der Waals surface area contributed by atoms with Gasteiger partial charge in [-0.05, 0) is 49.0 Å². The Morgan fingerprint density at radius 1 is 0.367 bits per heavy atom. The predicted molar refractivity (Wildman–Crippen MR) is 217 cm³/mol. The van der Waals surface area contributed by atoms with Gasteiger partial charge in [-0.15, -0.1) is 0 Å². The molecule has 49 heavy (non-hydrogen) atoms. The van der Waals surface area contributed by atoms with Crippen LogP contribution in [0.3, 0.4) is 0 Å². The lowest BCUT2D eigenvalue weighted by Crippen LogP contribution is -2.07. The fraction of sp³-hybridized carbons (Fsp3) is 0.955. The van der Waals surface area contributed by atoms with Crippen LogP contribution >= 0.6 is 11.8 Å². The van der Waals surface area contributed by atoms with E-state index < -0.39 is 0 Å². The van der Waals surface area contributed by atoms with E-state index in [2.05, 4.69) is 27.7 Å². The number of hydrogen-bond acceptors (Lipinski definition) is 5. The van der Waals surface area contributed by atoms with Crippen LogP contribution in [0.5, 0.6) is 0 Å². The van der Waals surface area contributed by atoms with Crippen LogP contribution in [-0.2, 0) is 19.1 Å². The van der Waals surface area contributed by atoms with Crippen LogP contribution < -0.4 is 0 Å². The van der Waals surface area contributed by atoms with E-state index >= 15 is 0 Å². The molecule has 0 aromatic rings. The third kappa shape index (κ3) is 43.4. The summed E-state index contributed by atoms with van der Waals surface area (Å²) in [7, 11) is 0. The molecule has 0 bridgehead atoms. The van der Waals surface area contributed by atoms with Gasteiger partial charge in [0.25, 0.3) is 0 Å². The molecule has 0 radical (unpaired) electrons. The van der Waals surface area contributed by atoms with Crippen molar-refractivity contribution in [2.75, 3.05) is 24.7 Å². The lowest BCUT2D eigenvalue weighted by Gasteiger charge is -2.06. The molecule has 0 saturated heterocycles. The summed E-state index contributed by atoms with van der Waals surface area (Å²) in [6, 6.07) is 0. The summed E-state index contributed by atoms with van der Waals surface area (Å²) in [4.78, 5) is 24.0. The number of ether oxygens (including phenoxy) is 2. The summed E-state index contributed by atoms with van der Waals surface area (Å²) >= 11 is 1.82. The lowest BCUT2D eigenvalue weighted by molar-refractivity contribution is -0.144. The summed E-state index contributed by atoms with van der Waals surface area (Å²) in [6.45, 7) is 10.4. The average molecular weight is 711 g/mol. The maximum absolute atomic E-state index is 12.0. The van der Waals surface area contributed by atoms with Crippen molar-refractivity contribution in [2.24, 2.45) is 11.8 Å². The standard InChI is InChI=1S/C44H86O4S/c1-41(2)33-27-23-19-15-11-7-5-9-13-17-21-25-29-37-47-43(45)35-31-39-49-40-32-36-44(46)48-38-30-26-22-18-14-10-6-8-12-16-20-24-28-34-42(3)4/h41-42H,5-40H2,1-4H3. The number of hydrogen-bond donors (Lipinski definition) is 0. The highest BCUT2D eigenvalue weighted by molar-refractivity contribution is 7.99. The van der Waals surface area contributed by atoms with E-state index in [1.807, 2.05) is 11.8 Å². The second-order valence-corrected chi connectivity index (χ2v) is 17.0. The fourth-order valence-corrected chi connectivity index (χ4v) is 7.35. The molecule has 0 atom stereocenters. The molecule has 0 fully saturated rings. The maximum Gasteiger partial charge on any atom is 0.305 e. The number of carbonyl (C=O) groups is 2. The van der Waals surface area contributed by atoms with Crippen molar-refractivity contribution in [3.05, 3.63) is 0 Å². The minimum Gasteiger partial charge on any atom is -0.466 e. The fourth-order valence-electron chi connectivity index (χ4n) is 6.45. The second-order valence-electron chi connectivity index (χ2n) is 15.8. The van der Waals surface area contributed by atoms with Gasteiger partial charge in [0.2, 0.25) is 0 Å². The zero-order valence-corrected chi connectivity index (χ0v) is 34.5. The Bertz CT molecular complexity index is 624. The largest absolute Gasteiger partial charge is 0.466 e. The first-order chi connectivity index (χ1) is 23.9. The normalized spacial score (nSPS) is 11.6. The molecule has 0 aromatic carbocycles. The van der Waals surface area contributed by atoms with Crippen molar-refractivity contribution in [2.45, 2.75) is 233 Å². The molecule has 0 amide bonds. The minimum atomic E-state index is -0.0577. The zero-order chi connectivity index (χ0) is 35.9. The Labute approximate surface area is 311 Å². The monoisotopic (exact) mass is 711 g/mol. The Balaban J connectivity index is 3.25. The van der Waals surface area contributed by atoms with Gasteiger partial charge in [-0.3, -0.25) is 9.59 Å². The van der Waals surface area contributed by atoms with E-state index in [-0.39, 0.29) is 11.9 Å². The van der Waals surface area contributed by atoms with Gasteiger partial charge < -0.3 is 9.47 Å². The van der Waals surface area contributed by atoms with Crippen molar-refractivity contribution in [1.29, 1.82) is 0 Å². The van der Waals surface area contributed by atoms with Gasteiger partial charge in [0.1, 0.15) is 0 Å². The first-order valence-corrected chi connectivity index (χ1v) is 23.0. The first kappa shape index (κ1) is 48.3. The van der Waals surface area contributed by atoms with Crippen LogP contribution in [0.25, 0.3) is 0 Å². The molecular weight excluding hydrogens is 625 g/mol. The molecule has 4 nitrogen and oxygen atoms in total. The van der Waals surface area contributed by atoms with Gasteiger partial charge in [-0.1, -0.05) is 195 Å². The Morgan fingerprint density at radius 3 is 0.878 bits per heavy atom. The van der Waals surface area contributed by atoms with Gasteiger partial charge >= 0.3 is 11.9 Å². The quantitative estimate of drug-likeness (QED) is 0.0468. The van der Waals surface area contributed by atoms with Crippen LogP contribution in [0.1, 0.15) is 233 Å². The molecular formula is C44H86O4S. The number of unbranched alkanes of at least 4 members (excludes halogenated alkanes) is 24. The Hall–Kier alpha value is -0.710. The summed E-state index contributed by atoms with van der Waals surface area (Å²) in [5.41, 5.74) is 0. The number of thioether (sulfide) groups is 1. The van der Waals surface area contributed by atoms with Gasteiger partial charge in [0.15, 0.2) is 0 Å². The molecule has 0 rings (SSSR count). The average Bonchev–Trinajstić information content (AvgIpc) is 3.07. The highest BCUT2D eigenvalue weighted by Crippen LogP contribution is 2.16. The predicted octanol–water partition coefficient (Wildman–Crippen LogP) is 14.6. The summed E-state index contributed by atoms with van der Waals surface area (Å²) in [5.74, 6) is 3.50. The molecule has 0 aliphatic carbocycles. The number of carbonyl (C=O) groups excluding carboxylic acids is 2. The van der Waals surface area contributed by atoms with E-state index in [9.17, 15) is 9.59 Å². The highest BCUT2D eigenvalue weighted by Gasteiger charge is 2.05. The van der Waals surface area contributed by atoms with Crippen LogP contribution in [0.15, 0.2) is 0 Å². The highest BCUT2D eigenvalue weighted by atomic mass is 32.2. The summed E-state index contributed by atoms with van der Waals surface area (Å²) in [5, 5.41) is 0. The summed E-state index contributed by atoms with van der Waals surface area (Å²) < 4.78 is 10.8. The van der Waals surface area contributed by atoms with Crippen molar-refractivity contribution in [1.82, 2.24) is 0 Å². The van der Waals surface area contributed by atoms with E-state index in [4.69, 9.17) is 9.47 Å². The number of esters is 2. The first-order valence-electron chi connectivity index (χ1n) is 21.8. The van der Waals surface area contributed by atoms with Gasteiger partial charge in [0.05, 0.1) is 13.2 Å². The van der Waals surface area contributed by atoms with E-state index in [1.165, 1.54) is 167 Å². The van der Waals surface area contributed by atoms with Gasteiger partial charge in [0, 0.05) is 12.8 Å². The third-order valence-corrected chi connectivity index (χ3v) is 10.9. The molecule has 0 heterocycles. The molecule has 292 valence electrons. The molecule has 0 saturated carbocycles. The van der Waals surface area contributed by atoms with Crippen LogP contribution in [0.4, 0.5) is 0 Å². The maximum atomic E-state index is 12.0. The second kappa shape index (κ2) is 40.1. The molecule has 0 N–H and O–H groups in total. The van der Waals surface area contributed by atoms with Crippen molar-refractivity contribution in [3.63, 3.8) is 0 Å². The van der Waals surface area contributed by atoms with Crippen LogP contribution in [0.2, 0.25) is 0 Å². The Kier molecular flexibility index (Phi) is 39.5. The van der Waals surface area contributed by atoms with Gasteiger partial charge in [-0.25, -0.2) is 0 Å². The van der Waals surface area contributed by atoms with Gasteiger partial charge in [-0.2, -0.15) is 11.8 Å². The number of rotatable bonds is 40. The van der Waals surface area contributed by atoms with Crippen LogP contribution in [-0.4, -0.2) is 36.7 Å². The SMILES string of the molecule is CC(C)CCCCCCCCCCCCCCCOC(=O)CCCSCCCC(=O)OCCCCCCCCCCCCCCCC(C)C. The Morgan fingerprint density at radius 2 is 0.612 bits per heavy atom. The minimum absolute atomic E-state index is 0.0577. The van der Waals surface area contributed by atoms with Crippen molar-refractivity contribution < 1.29 is 19.1 Å². The molecule has 0 aliphatic heterocycles. The molecule has 0 unspecified atom stereocenters. The molecule has 0 aromatic heterocycles. The smallest absolute Gasteiger partial charge is 0.305 e. The van der Waals surface area contributed by atoms with E-state index in [0.29, 0.717) is 26.1 Å². The van der Waals surface area contributed by atoms with Crippen molar-refractivity contribution in [3.8, 4) is 0 Å². The van der Waals surface area contributed by atoms with E-state index in [0.717, 1.165) is 49.0 Å². The zero-order valence-electron chi connectivity index (χ0n) is 33.7. The molecule has 0 aliphatic rings. The van der Waals surface area contributed by atoms with Crippen LogP contribution in [0, 0.1) is 11.8 Å². The lowest BCUT2D eigenvalue weighted by atomic mass is 10.0.